The topological polar surface area (TPSA) is 105 Å². The number of ether oxygens (including phenoxy) is 1. The lowest BCUT2D eigenvalue weighted by Gasteiger charge is -2.35. The summed E-state index contributed by atoms with van der Waals surface area (Å²) in [5.74, 6) is 0.406. The van der Waals surface area contributed by atoms with Crippen molar-refractivity contribution >= 4 is 23.4 Å². The van der Waals surface area contributed by atoms with Gasteiger partial charge in [0.25, 0.3) is 11.8 Å². The number of piperazine rings is 1. The van der Waals surface area contributed by atoms with Crippen molar-refractivity contribution in [3.8, 4) is 5.75 Å². The number of fused-ring (bicyclic) bond motifs is 1. The predicted octanol–water partition coefficient (Wildman–Crippen LogP) is 1.60. The van der Waals surface area contributed by atoms with E-state index in [1.54, 1.807) is 60.7 Å². The number of carbonyl (C=O) groups excluding carboxylic acids is 3. The standard InChI is InChI=1S/C27H23N5O4/c1-36-20-8-5-18(6-9-20)24(33)17-23-26(34)30-22-16-19(7-10-21(22)29-23)27(35)32-14-12-31(13-15-32)25-4-2-3-11-28-25/h2-11,16-17H,12-15H2,1H3/b23-17-. The maximum absolute atomic E-state index is 13.1. The van der Waals surface area contributed by atoms with E-state index in [0.29, 0.717) is 53.8 Å². The Morgan fingerprint density at radius 2 is 1.64 bits per heavy atom. The van der Waals surface area contributed by atoms with E-state index in [9.17, 15) is 14.4 Å². The highest BCUT2D eigenvalue weighted by Gasteiger charge is 2.23. The molecule has 180 valence electrons. The predicted molar refractivity (Wildman–Crippen MR) is 132 cm³/mol. The Morgan fingerprint density at radius 1 is 0.889 bits per heavy atom. The van der Waals surface area contributed by atoms with Gasteiger partial charge in [-0.25, -0.2) is 15.0 Å². The van der Waals surface area contributed by atoms with E-state index in [-0.39, 0.29) is 17.4 Å². The second kappa shape index (κ2) is 9.91. The molecule has 9 heteroatoms. The van der Waals surface area contributed by atoms with Crippen molar-refractivity contribution in [1.29, 1.82) is 0 Å². The number of methoxy groups -OCH3 is 1. The molecule has 2 aromatic carbocycles. The van der Waals surface area contributed by atoms with Gasteiger partial charge in [-0.3, -0.25) is 14.4 Å². The quantitative estimate of drug-likeness (QED) is 0.405. The third-order valence-electron chi connectivity index (χ3n) is 6.09. The first-order chi connectivity index (χ1) is 17.5. The van der Waals surface area contributed by atoms with Crippen LogP contribution in [-0.2, 0) is 4.79 Å². The summed E-state index contributed by atoms with van der Waals surface area (Å²) in [5.41, 5.74) is 0.794. The van der Waals surface area contributed by atoms with Crippen LogP contribution in [-0.4, -0.2) is 60.8 Å². The molecule has 1 saturated heterocycles. The Bertz CT molecular complexity index is 1470. The largest absolute Gasteiger partial charge is 0.497 e. The summed E-state index contributed by atoms with van der Waals surface area (Å²) >= 11 is 0. The molecule has 3 aromatic rings. The Labute approximate surface area is 207 Å². The lowest BCUT2D eigenvalue weighted by Crippen LogP contribution is -2.49. The van der Waals surface area contributed by atoms with Gasteiger partial charge in [0.15, 0.2) is 5.78 Å². The number of ketones is 1. The van der Waals surface area contributed by atoms with Gasteiger partial charge in [0.2, 0.25) is 0 Å². The Hall–Kier alpha value is -4.66. The van der Waals surface area contributed by atoms with Crippen molar-refractivity contribution in [2.45, 2.75) is 0 Å². The molecule has 5 rings (SSSR count). The third kappa shape index (κ3) is 4.76. The summed E-state index contributed by atoms with van der Waals surface area (Å²) in [7, 11) is 1.54. The first-order valence-corrected chi connectivity index (χ1v) is 11.5. The molecule has 3 heterocycles. The van der Waals surface area contributed by atoms with Crippen molar-refractivity contribution in [2.75, 3.05) is 38.2 Å². The molecule has 2 aliphatic heterocycles. The first-order valence-electron chi connectivity index (χ1n) is 11.5. The van der Waals surface area contributed by atoms with E-state index in [2.05, 4.69) is 19.9 Å². The third-order valence-corrected chi connectivity index (χ3v) is 6.09. The van der Waals surface area contributed by atoms with Crippen molar-refractivity contribution in [3.63, 3.8) is 0 Å². The average Bonchev–Trinajstić information content (AvgIpc) is 2.93. The highest BCUT2D eigenvalue weighted by Crippen LogP contribution is 2.15. The van der Waals surface area contributed by atoms with Gasteiger partial charge in [-0.2, -0.15) is 0 Å². The van der Waals surface area contributed by atoms with Gasteiger partial charge in [0, 0.05) is 49.6 Å². The van der Waals surface area contributed by atoms with E-state index in [4.69, 9.17) is 4.74 Å². The second-order valence-electron chi connectivity index (χ2n) is 8.32. The summed E-state index contributed by atoms with van der Waals surface area (Å²) in [4.78, 5) is 54.9. The molecule has 9 nitrogen and oxygen atoms in total. The summed E-state index contributed by atoms with van der Waals surface area (Å²) < 4.78 is 5.10. The van der Waals surface area contributed by atoms with Crippen LogP contribution in [0.1, 0.15) is 20.7 Å². The van der Waals surface area contributed by atoms with E-state index in [0.717, 1.165) is 5.82 Å². The Balaban J connectivity index is 1.31. The highest BCUT2D eigenvalue weighted by molar-refractivity contribution is 6.09. The number of rotatable bonds is 5. The first kappa shape index (κ1) is 23.1. The van der Waals surface area contributed by atoms with Crippen LogP contribution >= 0.6 is 0 Å². The lowest BCUT2D eigenvalue weighted by atomic mass is 10.1. The SMILES string of the molecule is COc1ccc(C(=O)/C=C2\N=c3ccc(C(=O)N4CCN(c5ccccn5)CC4)cc3=NC2=O)cc1. The smallest absolute Gasteiger partial charge is 0.296 e. The number of benzene rings is 2. The maximum atomic E-state index is 13.1. The van der Waals surface area contributed by atoms with Crippen LogP contribution in [0.3, 0.4) is 0 Å². The number of anilines is 1. The van der Waals surface area contributed by atoms with Crippen LogP contribution in [0.15, 0.2) is 88.6 Å². The fourth-order valence-electron chi connectivity index (χ4n) is 4.10. The minimum atomic E-state index is -0.627. The number of nitrogens with zero attached hydrogens (tertiary/aromatic N) is 5. The van der Waals surface area contributed by atoms with Gasteiger partial charge in [-0.1, -0.05) is 6.07 Å². The molecule has 0 saturated carbocycles. The highest BCUT2D eigenvalue weighted by atomic mass is 16.5. The zero-order chi connectivity index (χ0) is 25.1. The van der Waals surface area contributed by atoms with Crippen LogP contribution < -0.4 is 20.4 Å². The van der Waals surface area contributed by atoms with Crippen LogP contribution in [0, 0.1) is 0 Å². The van der Waals surface area contributed by atoms with Crippen LogP contribution in [0.2, 0.25) is 0 Å². The summed E-state index contributed by atoms with van der Waals surface area (Å²) in [6.45, 7) is 2.49. The Morgan fingerprint density at radius 3 is 2.33 bits per heavy atom. The molecule has 0 atom stereocenters. The molecule has 1 fully saturated rings. The zero-order valence-electron chi connectivity index (χ0n) is 19.6. The fourth-order valence-corrected chi connectivity index (χ4v) is 4.10. The summed E-state index contributed by atoms with van der Waals surface area (Å²) in [5, 5.41) is 0.743. The van der Waals surface area contributed by atoms with Gasteiger partial charge in [-0.15, -0.1) is 0 Å². The molecular formula is C27H23N5O4. The molecule has 0 bridgehead atoms. The molecule has 1 aromatic heterocycles. The van der Waals surface area contributed by atoms with Gasteiger partial charge < -0.3 is 14.5 Å². The zero-order valence-corrected chi connectivity index (χ0v) is 19.6. The normalized spacial score (nSPS) is 16.1. The molecule has 2 amide bonds. The number of pyridine rings is 1. The maximum Gasteiger partial charge on any atom is 0.296 e. The molecule has 36 heavy (non-hydrogen) atoms. The van der Waals surface area contributed by atoms with Gasteiger partial charge in [0.1, 0.15) is 17.3 Å². The van der Waals surface area contributed by atoms with E-state index in [1.807, 2.05) is 18.2 Å². The number of allylic oxidation sites excluding steroid dienone is 1. The molecule has 2 aliphatic rings. The Kier molecular flexibility index (Phi) is 6.36. The number of hydrogen-bond donors (Lipinski definition) is 0. The average molecular weight is 482 g/mol. The minimum absolute atomic E-state index is 0.0481. The number of hydrogen-bond acceptors (Lipinski definition) is 7. The van der Waals surface area contributed by atoms with Crippen molar-refractivity contribution < 1.29 is 19.1 Å². The van der Waals surface area contributed by atoms with Crippen molar-refractivity contribution in [2.24, 2.45) is 9.98 Å². The van der Waals surface area contributed by atoms with Crippen LogP contribution in [0.4, 0.5) is 5.82 Å². The van der Waals surface area contributed by atoms with E-state index < -0.39 is 5.91 Å². The molecule has 0 spiro atoms. The molecule has 0 aliphatic carbocycles. The molecule has 0 radical (unpaired) electrons. The van der Waals surface area contributed by atoms with E-state index >= 15 is 0 Å². The summed E-state index contributed by atoms with van der Waals surface area (Å²) in [6, 6.07) is 17.2. The van der Waals surface area contributed by atoms with Crippen molar-refractivity contribution in [1.82, 2.24) is 9.88 Å². The second-order valence-corrected chi connectivity index (χ2v) is 8.32. The molecule has 0 N–H and O–H groups in total. The number of carbonyl (C=O) groups is 3. The van der Waals surface area contributed by atoms with E-state index in [1.165, 1.54) is 6.08 Å². The van der Waals surface area contributed by atoms with Gasteiger partial charge >= 0.3 is 0 Å². The molecule has 0 unspecified atom stereocenters. The van der Waals surface area contributed by atoms with Crippen LogP contribution in [0.25, 0.3) is 0 Å². The van der Waals surface area contributed by atoms with Gasteiger partial charge in [-0.05, 0) is 54.6 Å². The number of amides is 2. The fraction of sp³-hybridized carbons (Fsp3) is 0.185. The van der Waals surface area contributed by atoms with Crippen molar-refractivity contribution in [3.05, 3.63) is 100 Å². The monoisotopic (exact) mass is 481 g/mol. The van der Waals surface area contributed by atoms with Gasteiger partial charge in [0.05, 0.1) is 17.8 Å². The summed E-state index contributed by atoms with van der Waals surface area (Å²) in [6.07, 6.45) is 2.93. The molecular weight excluding hydrogens is 458 g/mol. The number of aromatic nitrogens is 1. The van der Waals surface area contributed by atoms with Crippen LogP contribution in [0.5, 0.6) is 5.75 Å². The minimum Gasteiger partial charge on any atom is -0.497 e. The lowest BCUT2D eigenvalue weighted by molar-refractivity contribution is -0.114.